The monoisotopic (exact) mass is 410 g/mol. The summed E-state index contributed by atoms with van der Waals surface area (Å²) in [5, 5.41) is 5.97. The van der Waals surface area contributed by atoms with Gasteiger partial charge in [0.2, 0.25) is 5.88 Å². The Morgan fingerprint density at radius 2 is 2.03 bits per heavy atom. The third-order valence-electron chi connectivity index (χ3n) is 4.51. The van der Waals surface area contributed by atoms with Crippen molar-refractivity contribution in [3.8, 4) is 17.1 Å². The van der Waals surface area contributed by atoms with Gasteiger partial charge in [-0.25, -0.2) is 9.97 Å². The quantitative estimate of drug-likeness (QED) is 0.668. The summed E-state index contributed by atoms with van der Waals surface area (Å²) in [7, 11) is 0. The van der Waals surface area contributed by atoms with Gasteiger partial charge < -0.3 is 19.7 Å². The molecule has 0 unspecified atom stereocenters. The third-order valence-corrected chi connectivity index (χ3v) is 5.41. The van der Waals surface area contributed by atoms with E-state index < -0.39 is 0 Å². The Hall–Kier alpha value is -2.97. The molecule has 8 heteroatoms. The van der Waals surface area contributed by atoms with E-state index in [0.29, 0.717) is 23.7 Å². The molecule has 1 amide bonds. The topological polar surface area (TPSA) is 76.6 Å². The maximum absolute atomic E-state index is 12.6. The van der Waals surface area contributed by atoms with Crippen molar-refractivity contribution in [2.75, 3.05) is 43.1 Å². The highest BCUT2D eigenvalue weighted by molar-refractivity contribution is 7.14. The molecule has 1 aromatic carbocycles. The number of thiazole rings is 1. The summed E-state index contributed by atoms with van der Waals surface area (Å²) in [6.07, 6.45) is 1.61. The largest absolute Gasteiger partial charge is 0.477 e. The van der Waals surface area contributed by atoms with Gasteiger partial charge in [0, 0.05) is 35.9 Å². The van der Waals surface area contributed by atoms with E-state index in [4.69, 9.17) is 14.5 Å². The number of morpholine rings is 1. The number of rotatable bonds is 6. The molecule has 0 radical (unpaired) electrons. The Balaban J connectivity index is 1.44. The van der Waals surface area contributed by atoms with Crippen LogP contribution in [0.3, 0.4) is 0 Å². The Morgan fingerprint density at radius 3 is 2.79 bits per heavy atom. The van der Waals surface area contributed by atoms with Crippen LogP contribution in [-0.2, 0) is 4.74 Å². The number of hydrogen-bond donors (Lipinski definition) is 1. The molecule has 3 heterocycles. The molecule has 4 rings (SSSR count). The van der Waals surface area contributed by atoms with Crippen molar-refractivity contribution >= 4 is 28.1 Å². The van der Waals surface area contributed by atoms with Crippen LogP contribution in [0.1, 0.15) is 17.3 Å². The molecule has 29 heavy (non-hydrogen) atoms. The van der Waals surface area contributed by atoms with Gasteiger partial charge in [0.05, 0.1) is 25.5 Å². The Bertz CT molecular complexity index is 968. The minimum Gasteiger partial charge on any atom is -0.477 e. The predicted molar refractivity (Wildman–Crippen MR) is 114 cm³/mol. The van der Waals surface area contributed by atoms with Crippen LogP contribution in [0.2, 0.25) is 0 Å². The van der Waals surface area contributed by atoms with E-state index in [2.05, 4.69) is 20.6 Å². The van der Waals surface area contributed by atoms with Gasteiger partial charge in [-0.3, -0.25) is 4.79 Å². The number of hydrogen-bond acceptors (Lipinski definition) is 7. The number of pyridine rings is 1. The molecule has 1 fully saturated rings. The highest BCUT2D eigenvalue weighted by Crippen LogP contribution is 2.29. The van der Waals surface area contributed by atoms with Crippen LogP contribution in [0.15, 0.2) is 48.0 Å². The molecule has 0 spiro atoms. The first-order chi connectivity index (χ1) is 14.2. The minimum absolute atomic E-state index is 0.252. The van der Waals surface area contributed by atoms with Crippen LogP contribution in [0, 0.1) is 0 Å². The number of ether oxygens (including phenoxy) is 2. The van der Waals surface area contributed by atoms with Crippen LogP contribution in [0.25, 0.3) is 11.3 Å². The highest BCUT2D eigenvalue weighted by Gasteiger charge is 2.16. The summed E-state index contributed by atoms with van der Waals surface area (Å²) in [5.41, 5.74) is 3.05. The first-order valence-corrected chi connectivity index (χ1v) is 10.4. The van der Waals surface area contributed by atoms with E-state index in [9.17, 15) is 4.79 Å². The van der Waals surface area contributed by atoms with Crippen molar-refractivity contribution in [2.45, 2.75) is 6.92 Å². The van der Waals surface area contributed by atoms with Crippen LogP contribution in [0.5, 0.6) is 5.88 Å². The van der Waals surface area contributed by atoms with E-state index in [1.807, 2.05) is 31.2 Å². The molecule has 0 atom stereocenters. The number of nitrogens with zero attached hydrogens (tertiary/aromatic N) is 3. The van der Waals surface area contributed by atoms with Gasteiger partial charge in [-0.05, 0) is 31.2 Å². The molecule has 1 saturated heterocycles. The average molecular weight is 410 g/mol. The SMILES string of the molecule is CCOc1ncccc1C(=O)Nc1ccc(-c2csc(N3CCOCC3)n2)cc1. The molecule has 2 aromatic heterocycles. The number of carbonyl (C=O) groups is 1. The maximum Gasteiger partial charge on any atom is 0.261 e. The van der Waals surface area contributed by atoms with E-state index >= 15 is 0 Å². The zero-order chi connectivity index (χ0) is 20.1. The molecule has 1 aliphatic heterocycles. The molecule has 1 N–H and O–H groups in total. The van der Waals surface area contributed by atoms with Crippen LogP contribution in [0.4, 0.5) is 10.8 Å². The number of nitrogens with one attached hydrogen (secondary N) is 1. The second-order valence-electron chi connectivity index (χ2n) is 6.44. The van der Waals surface area contributed by atoms with Crippen molar-refractivity contribution in [2.24, 2.45) is 0 Å². The molecule has 150 valence electrons. The molecule has 7 nitrogen and oxygen atoms in total. The van der Waals surface area contributed by atoms with Crippen molar-refractivity contribution < 1.29 is 14.3 Å². The van der Waals surface area contributed by atoms with Gasteiger partial charge >= 0.3 is 0 Å². The molecule has 0 bridgehead atoms. The standard InChI is InChI=1S/C21H22N4O3S/c1-2-28-20-17(4-3-9-22-20)19(26)23-16-7-5-15(6-8-16)18-14-29-21(24-18)25-10-12-27-13-11-25/h3-9,14H,2,10-13H2,1H3,(H,23,26). The third kappa shape index (κ3) is 4.55. The zero-order valence-electron chi connectivity index (χ0n) is 16.1. The van der Waals surface area contributed by atoms with Crippen molar-refractivity contribution in [1.29, 1.82) is 0 Å². The van der Waals surface area contributed by atoms with E-state index in [0.717, 1.165) is 42.7 Å². The van der Waals surface area contributed by atoms with Crippen molar-refractivity contribution in [3.63, 3.8) is 0 Å². The van der Waals surface area contributed by atoms with Crippen LogP contribution in [-0.4, -0.2) is 48.8 Å². The van der Waals surface area contributed by atoms with Crippen LogP contribution < -0.4 is 15.0 Å². The van der Waals surface area contributed by atoms with Gasteiger partial charge in [-0.2, -0.15) is 0 Å². The van der Waals surface area contributed by atoms with Gasteiger partial charge in [0.15, 0.2) is 5.13 Å². The maximum atomic E-state index is 12.6. The lowest BCUT2D eigenvalue weighted by atomic mass is 10.1. The Labute approximate surface area is 173 Å². The second kappa shape index (κ2) is 9.02. The summed E-state index contributed by atoms with van der Waals surface area (Å²) in [6.45, 7) is 5.53. The fraction of sp³-hybridized carbons (Fsp3) is 0.286. The normalized spacial score (nSPS) is 13.9. The first-order valence-electron chi connectivity index (χ1n) is 9.52. The highest BCUT2D eigenvalue weighted by atomic mass is 32.1. The average Bonchev–Trinajstić information content (AvgIpc) is 3.26. The van der Waals surface area contributed by atoms with Crippen molar-refractivity contribution in [3.05, 3.63) is 53.5 Å². The first kappa shape index (κ1) is 19.4. The molecular formula is C21H22N4O3S. The number of amides is 1. The van der Waals surface area contributed by atoms with Crippen molar-refractivity contribution in [1.82, 2.24) is 9.97 Å². The van der Waals surface area contributed by atoms with E-state index in [-0.39, 0.29) is 5.91 Å². The summed E-state index contributed by atoms with van der Waals surface area (Å²) in [4.78, 5) is 23.7. The zero-order valence-corrected chi connectivity index (χ0v) is 16.9. The lowest BCUT2D eigenvalue weighted by Gasteiger charge is -2.26. The predicted octanol–water partition coefficient (Wildman–Crippen LogP) is 3.69. The second-order valence-corrected chi connectivity index (χ2v) is 7.27. The van der Waals surface area contributed by atoms with Gasteiger partial charge in [-0.1, -0.05) is 12.1 Å². The van der Waals surface area contributed by atoms with Gasteiger partial charge in [-0.15, -0.1) is 11.3 Å². The fourth-order valence-electron chi connectivity index (χ4n) is 3.03. The Kier molecular flexibility index (Phi) is 6.02. The number of anilines is 2. The summed E-state index contributed by atoms with van der Waals surface area (Å²) in [6, 6.07) is 11.1. The lowest BCUT2D eigenvalue weighted by Crippen LogP contribution is -2.36. The summed E-state index contributed by atoms with van der Waals surface area (Å²) in [5.74, 6) is 0.0831. The molecule has 0 saturated carbocycles. The number of carbonyl (C=O) groups excluding carboxylic acids is 1. The molecule has 3 aromatic rings. The van der Waals surface area contributed by atoms with Gasteiger partial charge in [0.1, 0.15) is 5.56 Å². The van der Waals surface area contributed by atoms with Crippen LogP contribution >= 0.6 is 11.3 Å². The smallest absolute Gasteiger partial charge is 0.261 e. The molecule has 0 aliphatic carbocycles. The summed E-state index contributed by atoms with van der Waals surface area (Å²) < 4.78 is 10.8. The van der Waals surface area contributed by atoms with Gasteiger partial charge in [0.25, 0.3) is 5.91 Å². The van der Waals surface area contributed by atoms with E-state index in [1.54, 1.807) is 29.7 Å². The number of benzene rings is 1. The van der Waals surface area contributed by atoms with E-state index in [1.165, 1.54) is 0 Å². The minimum atomic E-state index is -0.252. The Morgan fingerprint density at radius 1 is 1.24 bits per heavy atom. The molecule has 1 aliphatic rings. The molecular weight excluding hydrogens is 388 g/mol. The fourth-order valence-corrected chi connectivity index (χ4v) is 3.92. The summed E-state index contributed by atoms with van der Waals surface area (Å²) >= 11 is 1.64. The lowest BCUT2D eigenvalue weighted by molar-refractivity contribution is 0.102. The number of aromatic nitrogens is 2.